The van der Waals surface area contributed by atoms with E-state index < -0.39 is 0 Å². The molecule has 0 spiro atoms. The molecule has 0 unspecified atom stereocenters. The Bertz CT molecular complexity index is 598. The number of rotatable bonds is 2. The molecule has 0 saturated carbocycles. The number of aromatic nitrogens is 1. The summed E-state index contributed by atoms with van der Waals surface area (Å²) in [6.45, 7) is 7.70. The zero-order valence-electron chi connectivity index (χ0n) is 13.8. The van der Waals surface area contributed by atoms with Gasteiger partial charge in [0.1, 0.15) is 6.61 Å². The summed E-state index contributed by atoms with van der Waals surface area (Å²) in [6.07, 6.45) is 2.06. The minimum Gasteiger partial charge on any atom is -0.438 e. The molecule has 7 heteroatoms. The number of hydrogen-bond acceptors (Lipinski definition) is 5. The quantitative estimate of drug-likeness (QED) is 0.815. The zero-order valence-corrected chi connectivity index (χ0v) is 13.8. The first-order valence-corrected chi connectivity index (χ1v) is 8.07. The standard InChI is InChI=1S/C16H23N3O4/c1-10(2)19-7-12-6-18(5-4-13(12)22-8-14(19)20)16(21)15-11(3)17-9-23-15/h9-10,12-13H,4-8H2,1-3H3/t12-,13+/m1/s1. The van der Waals surface area contributed by atoms with E-state index in [-0.39, 0.29) is 36.5 Å². The highest BCUT2D eigenvalue weighted by atomic mass is 16.5. The second-order valence-corrected chi connectivity index (χ2v) is 6.56. The molecule has 2 saturated heterocycles. The van der Waals surface area contributed by atoms with Crippen LogP contribution in [0.1, 0.15) is 36.5 Å². The first kappa shape index (κ1) is 16.0. The van der Waals surface area contributed by atoms with Crippen LogP contribution in [0.5, 0.6) is 0 Å². The lowest BCUT2D eigenvalue weighted by atomic mass is 9.93. The minimum atomic E-state index is -0.134. The molecule has 0 aliphatic carbocycles. The van der Waals surface area contributed by atoms with E-state index in [4.69, 9.17) is 9.15 Å². The summed E-state index contributed by atoms with van der Waals surface area (Å²) in [6, 6.07) is 0.132. The van der Waals surface area contributed by atoms with E-state index in [2.05, 4.69) is 4.98 Å². The Morgan fingerprint density at radius 1 is 1.39 bits per heavy atom. The number of ether oxygens (including phenoxy) is 1. The fourth-order valence-electron chi connectivity index (χ4n) is 3.36. The van der Waals surface area contributed by atoms with Gasteiger partial charge in [-0.2, -0.15) is 0 Å². The van der Waals surface area contributed by atoms with Gasteiger partial charge >= 0.3 is 0 Å². The van der Waals surface area contributed by atoms with Crippen LogP contribution in [0.3, 0.4) is 0 Å². The van der Waals surface area contributed by atoms with E-state index in [0.717, 1.165) is 6.42 Å². The Morgan fingerprint density at radius 3 is 2.83 bits per heavy atom. The van der Waals surface area contributed by atoms with Crippen LogP contribution in [0.4, 0.5) is 0 Å². The van der Waals surface area contributed by atoms with Crippen LogP contribution in [0.2, 0.25) is 0 Å². The highest BCUT2D eigenvalue weighted by molar-refractivity contribution is 5.92. The first-order chi connectivity index (χ1) is 11.0. The number of likely N-dealkylation sites (tertiary alicyclic amines) is 1. The van der Waals surface area contributed by atoms with Crippen LogP contribution in [0.25, 0.3) is 0 Å². The van der Waals surface area contributed by atoms with Gasteiger partial charge in [0.25, 0.3) is 5.91 Å². The van der Waals surface area contributed by atoms with Crippen molar-refractivity contribution in [3.05, 3.63) is 17.8 Å². The van der Waals surface area contributed by atoms with Crippen LogP contribution in [0, 0.1) is 12.8 Å². The van der Waals surface area contributed by atoms with Gasteiger partial charge in [0.15, 0.2) is 6.39 Å². The number of piperidine rings is 1. The van der Waals surface area contributed by atoms with Crippen LogP contribution in [0.15, 0.2) is 10.8 Å². The third kappa shape index (κ3) is 3.10. The Morgan fingerprint density at radius 2 is 2.17 bits per heavy atom. The Hall–Kier alpha value is -1.89. The van der Waals surface area contributed by atoms with Crippen molar-refractivity contribution in [3.63, 3.8) is 0 Å². The average molecular weight is 321 g/mol. The number of carbonyl (C=O) groups excluding carboxylic acids is 2. The predicted molar refractivity (Wildman–Crippen MR) is 81.8 cm³/mol. The fourth-order valence-corrected chi connectivity index (χ4v) is 3.36. The summed E-state index contributed by atoms with van der Waals surface area (Å²) < 4.78 is 11.0. The van der Waals surface area contributed by atoms with E-state index in [1.54, 1.807) is 11.8 Å². The molecule has 0 bridgehead atoms. The lowest BCUT2D eigenvalue weighted by Gasteiger charge is -2.38. The molecule has 0 aromatic carbocycles. The summed E-state index contributed by atoms with van der Waals surface area (Å²) in [5, 5.41) is 0. The van der Waals surface area contributed by atoms with E-state index >= 15 is 0 Å². The van der Waals surface area contributed by atoms with E-state index in [0.29, 0.717) is 31.1 Å². The highest BCUT2D eigenvalue weighted by Crippen LogP contribution is 2.26. The van der Waals surface area contributed by atoms with Crippen LogP contribution in [-0.2, 0) is 9.53 Å². The van der Waals surface area contributed by atoms with Crippen molar-refractivity contribution in [2.24, 2.45) is 5.92 Å². The molecular weight excluding hydrogens is 298 g/mol. The molecule has 2 fully saturated rings. The molecular formula is C16H23N3O4. The summed E-state index contributed by atoms with van der Waals surface area (Å²) in [7, 11) is 0. The normalized spacial score (nSPS) is 25.5. The fraction of sp³-hybridized carbons (Fsp3) is 0.688. The maximum atomic E-state index is 12.6. The van der Waals surface area contributed by atoms with Gasteiger partial charge in [0, 0.05) is 31.6 Å². The summed E-state index contributed by atoms with van der Waals surface area (Å²) in [4.78, 5) is 32.3. The Labute approximate surface area is 135 Å². The number of aryl methyl sites for hydroxylation is 1. The monoisotopic (exact) mass is 321 g/mol. The van der Waals surface area contributed by atoms with Gasteiger partial charge < -0.3 is 19.0 Å². The largest absolute Gasteiger partial charge is 0.438 e. The topological polar surface area (TPSA) is 75.9 Å². The lowest BCUT2D eigenvalue weighted by Crippen LogP contribution is -2.50. The van der Waals surface area contributed by atoms with Gasteiger partial charge in [0.05, 0.1) is 11.8 Å². The second kappa shape index (κ2) is 6.31. The van der Waals surface area contributed by atoms with Crippen molar-refractivity contribution in [2.75, 3.05) is 26.2 Å². The molecule has 1 aromatic heterocycles. The smallest absolute Gasteiger partial charge is 0.291 e. The molecule has 3 heterocycles. The van der Waals surface area contributed by atoms with Gasteiger partial charge in [0.2, 0.25) is 11.7 Å². The van der Waals surface area contributed by atoms with E-state index in [1.807, 2.05) is 18.7 Å². The minimum absolute atomic E-state index is 0.0263. The van der Waals surface area contributed by atoms with Crippen LogP contribution < -0.4 is 0 Å². The Balaban J connectivity index is 1.74. The zero-order chi connectivity index (χ0) is 16.6. The number of oxazole rings is 1. The molecule has 2 amide bonds. The number of amides is 2. The second-order valence-electron chi connectivity index (χ2n) is 6.56. The molecule has 1 aromatic rings. The molecule has 2 aliphatic heterocycles. The van der Waals surface area contributed by atoms with E-state index in [9.17, 15) is 9.59 Å². The van der Waals surface area contributed by atoms with Crippen molar-refractivity contribution in [2.45, 2.75) is 39.3 Å². The predicted octanol–water partition coefficient (Wildman–Crippen LogP) is 1.08. The Kier molecular flexibility index (Phi) is 4.39. The van der Waals surface area contributed by atoms with Gasteiger partial charge in [-0.25, -0.2) is 4.98 Å². The van der Waals surface area contributed by atoms with Crippen molar-refractivity contribution in [1.29, 1.82) is 0 Å². The lowest BCUT2D eigenvalue weighted by molar-refractivity contribution is -0.136. The molecule has 3 rings (SSSR count). The van der Waals surface area contributed by atoms with Crippen molar-refractivity contribution in [3.8, 4) is 0 Å². The van der Waals surface area contributed by atoms with Crippen molar-refractivity contribution < 1.29 is 18.7 Å². The van der Waals surface area contributed by atoms with Crippen molar-refractivity contribution in [1.82, 2.24) is 14.8 Å². The third-order valence-corrected chi connectivity index (χ3v) is 4.69. The van der Waals surface area contributed by atoms with Crippen LogP contribution in [-0.4, -0.2) is 65.0 Å². The molecule has 2 aliphatic rings. The molecule has 23 heavy (non-hydrogen) atoms. The third-order valence-electron chi connectivity index (χ3n) is 4.69. The molecule has 0 N–H and O–H groups in total. The van der Waals surface area contributed by atoms with Gasteiger partial charge in [-0.1, -0.05) is 0 Å². The van der Waals surface area contributed by atoms with E-state index in [1.165, 1.54) is 6.39 Å². The summed E-state index contributed by atoms with van der Waals surface area (Å²) in [5.74, 6) is 0.322. The number of hydrogen-bond donors (Lipinski definition) is 0. The SMILES string of the molecule is Cc1ncoc1C(=O)N1CC[C@@H]2OCC(=O)N(C(C)C)C[C@H]2C1. The summed E-state index contributed by atoms with van der Waals surface area (Å²) >= 11 is 0. The number of carbonyl (C=O) groups is 2. The van der Waals surface area contributed by atoms with Gasteiger partial charge in [-0.15, -0.1) is 0 Å². The molecule has 0 radical (unpaired) electrons. The number of fused-ring (bicyclic) bond motifs is 1. The van der Waals surface area contributed by atoms with Crippen molar-refractivity contribution >= 4 is 11.8 Å². The van der Waals surface area contributed by atoms with Crippen LogP contribution >= 0.6 is 0 Å². The molecule has 7 nitrogen and oxygen atoms in total. The van der Waals surface area contributed by atoms with Gasteiger partial charge in [-0.3, -0.25) is 9.59 Å². The maximum Gasteiger partial charge on any atom is 0.291 e. The average Bonchev–Trinajstić information content (AvgIpc) is 2.87. The number of nitrogens with zero attached hydrogens (tertiary/aromatic N) is 3. The van der Waals surface area contributed by atoms with Gasteiger partial charge in [-0.05, 0) is 27.2 Å². The summed E-state index contributed by atoms with van der Waals surface area (Å²) in [5.41, 5.74) is 0.605. The molecule has 2 atom stereocenters. The first-order valence-electron chi connectivity index (χ1n) is 8.07. The maximum absolute atomic E-state index is 12.6. The molecule has 126 valence electrons. The highest BCUT2D eigenvalue weighted by Gasteiger charge is 2.38.